The fourth-order valence-electron chi connectivity index (χ4n) is 2.49. The molecule has 0 saturated carbocycles. The van der Waals surface area contributed by atoms with E-state index in [4.69, 9.17) is 0 Å². The lowest BCUT2D eigenvalue weighted by molar-refractivity contribution is 0.0592. The van der Waals surface area contributed by atoms with Gasteiger partial charge in [0, 0.05) is 37.9 Å². The Balaban J connectivity index is 1.63. The standard InChI is InChI=1S/C15H18N6O2/c1-11-9-14(17-10-16-11)21-7-5-20(6-8-21)13-4-3-12(18-19-13)15(22)23-2/h3-4,9-10H,5-8H2,1-2H3. The van der Waals surface area contributed by atoms with Gasteiger partial charge in [-0.1, -0.05) is 0 Å². The van der Waals surface area contributed by atoms with E-state index in [2.05, 4.69) is 34.7 Å². The minimum atomic E-state index is -0.479. The number of ether oxygens (including phenoxy) is 1. The molecule has 2 aromatic heterocycles. The van der Waals surface area contributed by atoms with E-state index in [1.54, 1.807) is 18.5 Å². The van der Waals surface area contributed by atoms with Crippen LogP contribution in [0.15, 0.2) is 24.5 Å². The second-order valence-electron chi connectivity index (χ2n) is 5.26. The predicted octanol–water partition coefficient (Wildman–Crippen LogP) is 0.688. The predicted molar refractivity (Wildman–Crippen MR) is 84.6 cm³/mol. The molecule has 0 atom stereocenters. The van der Waals surface area contributed by atoms with E-state index in [9.17, 15) is 4.79 Å². The molecular weight excluding hydrogens is 296 g/mol. The molecule has 0 aromatic carbocycles. The highest BCUT2D eigenvalue weighted by molar-refractivity contribution is 5.86. The first kappa shape index (κ1) is 15.1. The van der Waals surface area contributed by atoms with Crippen molar-refractivity contribution in [3.05, 3.63) is 35.9 Å². The Morgan fingerprint density at radius 2 is 1.74 bits per heavy atom. The van der Waals surface area contributed by atoms with Crippen LogP contribution in [0.1, 0.15) is 16.2 Å². The van der Waals surface area contributed by atoms with Crippen molar-refractivity contribution in [2.24, 2.45) is 0 Å². The van der Waals surface area contributed by atoms with Crippen molar-refractivity contribution in [3.63, 3.8) is 0 Å². The van der Waals surface area contributed by atoms with Crippen molar-refractivity contribution in [2.45, 2.75) is 6.92 Å². The Morgan fingerprint density at radius 1 is 1.04 bits per heavy atom. The fraction of sp³-hybridized carbons (Fsp3) is 0.400. The minimum absolute atomic E-state index is 0.214. The summed E-state index contributed by atoms with van der Waals surface area (Å²) < 4.78 is 4.62. The number of aromatic nitrogens is 4. The summed E-state index contributed by atoms with van der Waals surface area (Å²) in [5.74, 6) is 1.23. The molecule has 8 heteroatoms. The van der Waals surface area contributed by atoms with E-state index in [0.717, 1.165) is 43.5 Å². The molecule has 8 nitrogen and oxygen atoms in total. The molecule has 0 amide bonds. The average molecular weight is 314 g/mol. The zero-order valence-corrected chi connectivity index (χ0v) is 13.1. The Labute approximate surface area is 134 Å². The maximum Gasteiger partial charge on any atom is 0.358 e. The molecular formula is C15H18N6O2. The Morgan fingerprint density at radius 3 is 2.30 bits per heavy atom. The van der Waals surface area contributed by atoms with Gasteiger partial charge in [0.25, 0.3) is 0 Å². The molecule has 0 N–H and O–H groups in total. The lowest BCUT2D eigenvalue weighted by atomic mass is 10.3. The summed E-state index contributed by atoms with van der Waals surface area (Å²) in [5, 5.41) is 8.03. The lowest BCUT2D eigenvalue weighted by Gasteiger charge is -2.35. The third-order valence-electron chi connectivity index (χ3n) is 3.76. The van der Waals surface area contributed by atoms with Gasteiger partial charge in [0.1, 0.15) is 12.1 Å². The maximum absolute atomic E-state index is 11.4. The van der Waals surface area contributed by atoms with Gasteiger partial charge in [0.2, 0.25) is 0 Å². The van der Waals surface area contributed by atoms with Crippen LogP contribution >= 0.6 is 0 Å². The SMILES string of the molecule is COC(=O)c1ccc(N2CCN(c3cc(C)ncn3)CC2)nn1. The quantitative estimate of drug-likeness (QED) is 0.765. The van der Waals surface area contributed by atoms with E-state index in [-0.39, 0.29) is 5.69 Å². The highest BCUT2D eigenvalue weighted by Crippen LogP contribution is 2.17. The smallest absolute Gasteiger partial charge is 0.358 e. The van der Waals surface area contributed by atoms with E-state index in [1.165, 1.54) is 7.11 Å². The zero-order chi connectivity index (χ0) is 16.2. The number of esters is 1. The summed E-state index contributed by atoms with van der Waals surface area (Å²) >= 11 is 0. The minimum Gasteiger partial charge on any atom is -0.464 e. The molecule has 3 heterocycles. The molecule has 1 aliphatic heterocycles. The summed E-state index contributed by atoms with van der Waals surface area (Å²) in [6.07, 6.45) is 1.59. The zero-order valence-electron chi connectivity index (χ0n) is 13.1. The van der Waals surface area contributed by atoms with Gasteiger partial charge in [-0.2, -0.15) is 0 Å². The molecule has 0 radical (unpaired) electrons. The van der Waals surface area contributed by atoms with Crippen LogP contribution in [-0.2, 0) is 4.74 Å². The van der Waals surface area contributed by atoms with Crippen LogP contribution in [0, 0.1) is 6.92 Å². The summed E-state index contributed by atoms with van der Waals surface area (Å²) in [6, 6.07) is 5.42. The average Bonchev–Trinajstić information content (AvgIpc) is 2.61. The third-order valence-corrected chi connectivity index (χ3v) is 3.76. The van der Waals surface area contributed by atoms with E-state index in [0.29, 0.717) is 0 Å². The first-order chi connectivity index (χ1) is 11.2. The van der Waals surface area contributed by atoms with E-state index >= 15 is 0 Å². The molecule has 2 aromatic rings. The van der Waals surface area contributed by atoms with Crippen LogP contribution in [0.25, 0.3) is 0 Å². The molecule has 0 bridgehead atoms. The number of nitrogens with zero attached hydrogens (tertiary/aromatic N) is 6. The Bertz CT molecular complexity index is 683. The number of methoxy groups -OCH3 is 1. The molecule has 0 aliphatic carbocycles. The van der Waals surface area contributed by atoms with Crippen LogP contribution < -0.4 is 9.80 Å². The number of rotatable bonds is 3. The molecule has 23 heavy (non-hydrogen) atoms. The lowest BCUT2D eigenvalue weighted by Crippen LogP contribution is -2.47. The van der Waals surface area contributed by atoms with Gasteiger partial charge in [-0.25, -0.2) is 14.8 Å². The van der Waals surface area contributed by atoms with Crippen LogP contribution in [0.2, 0.25) is 0 Å². The molecule has 3 rings (SSSR count). The Kier molecular flexibility index (Phi) is 4.31. The first-order valence-corrected chi connectivity index (χ1v) is 7.38. The summed E-state index contributed by atoms with van der Waals surface area (Å²) in [7, 11) is 1.33. The summed E-state index contributed by atoms with van der Waals surface area (Å²) in [6.45, 7) is 5.28. The molecule has 0 unspecified atom stereocenters. The second kappa shape index (κ2) is 6.55. The largest absolute Gasteiger partial charge is 0.464 e. The maximum atomic E-state index is 11.4. The van der Waals surface area contributed by atoms with Crippen molar-refractivity contribution < 1.29 is 9.53 Å². The number of carbonyl (C=O) groups is 1. The number of piperazine rings is 1. The number of anilines is 2. The number of hydrogen-bond acceptors (Lipinski definition) is 8. The third kappa shape index (κ3) is 3.36. The van der Waals surface area contributed by atoms with Crippen LogP contribution in [-0.4, -0.2) is 59.4 Å². The van der Waals surface area contributed by atoms with Crippen LogP contribution in [0.3, 0.4) is 0 Å². The normalized spacial score (nSPS) is 14.7. The van der Waals surface area contributed by atoms with Gasteiger partial charge >= 0.3 is 5.97 Å². The highest BCUT2D eigenvalue weighted by atomic mass is 16.5. The number of carbonyl (C=O) groups excluding carboxylic acids is 1. The van der Waals surface area contributed by atoms with Crippen molar-refractivity contribution in [1.82, 2.24) is 20.2 Å². The van der Waals surface area contributed by atoms with Crippen molar-refractivity contribution in [2.75, 3.05) is 43.1 Å². The molecule has 1 aliphatic rings. The van der Waals surface area contributed by atoms with Crippen molar-refractivity contribution >= 4 is 17.6 Å². The van der Waals surface area contributed by atoms with Gasteiger partial charge < -0.3 is 14.5 Å². The van der Waals surface area contributed by atoms with E-state index in [1.807, 2.05) is 13.0 Å². The monoisotopic (exact) mass is 314 g/mol. The highest BCUT2D eigenvalue weighted by Gasteiger charge is 2.20. The second-order valence-corrected chi connectivity index (χ2v) is 5.26. The van der Waals surface area contributed by atoms with Crippen LogP contribution in [0.4, 0.5) is 11.6 Å². The summed E-state index contributed by atoms with van der Waals surface area (Å²) in [5.41, 5.74) is 1.17. The van der Waals surface area contributed by atoms with Gasteiger partial charge in [-0.15, -0.1) is 10.2 Å². The van der Waals surface area contributed by atoms with E-state index < -0.39 is 5.97 Å². The molecule has 0 spiro atoms. The first-order valence-electron chi connectivity index (χ1n) is 7.38. The van der Waals surface area contributed by atoms with Crippen molar-refractivity contribution in [3.8, 4) is 0 Å². The molecule has 1 fully saturated rings. The fourth-order valence-corrected chi connectivity index (χ4v) is 2.49. The Hall–Kier alpha value is -2.77. The molecule has 1 saturated heterocycles. The van der Waals surface area contributed by atoms with Gasteiger partial charge in [0.05, 0.1) is 7.11 Å². The number of aryl methyl sites for hydroxylation is 1. The van der Waals surface area contributed by atoms with Gasteiger partial charge in [-0.3, -0.25) is 0 Å². The number of hydrogen-bond donors (Lipinski definition) is 0. The van der Waals surface area contributed by atoms with Gasteiger partial charge in [-0.05, 0) is 19.1 Å². The molecule has 120 valence electrons. The van der Waals surface area contributed by atoms with Gasteiger partial charge in [0.15, 0.2) is 11.5 Å². The van der Waals surface area contributed by atoms with Crippen molar-refractivity contribution in [1.29, 1.82) is 0 Å². The summed E-state index contributed by atoms with van der Waals surface area (Å²) in [4.78, 5) is 24.2. The topological polar surface area (TPSA) is 84.3 Å². The van der Waals surface area contributed by atoms with Crippen LogP contribution in [0.5, 0.6) is 0 Å².